The van der Waals surface area contributed by atoms with Gasteiger partial charge in [-0.3, -0.25) is 4.79 Å². The van der Waals surface area contributed by atoms with Crippen LogP contribution in [0.1, 0.15) is 22.4 Å². The number of furan rings is 1. The van der Waals surface area contributed by atoms with Crippen molar-refractivity contribution in [1.82, 2.24) is 19.9 Å². The van der Waals surface area contributed by atoms with Gasteiger partial charge < -0.3 is 14.1 Å². The minimum atomic E-state index is -0.147. The van der Waals surface area contributed by atoms with Crippen molar-refractivity contribution in [3.05, 3.63) is 65.9 Å². The molecule has 1 aromatic carbocycles. The van der Waals surface area contributed by atoms with Crippen molar-refractivity contribution in [2.75, 3.05) is 12.9 Å². The fourth-order valence-corrected chi connectivity index (χ4v) is 4.02. The Morgan fingerprint density at radius 2 is 2.23 bits per heavy atom. The number of amides is 1. The van der Waals surface area contributed by atoms with Crippen LogP contribution in [0.2, 0.25) is 0 Å². The minimum Gasteiger partial charge on any atom is -0.497 e. The van der Waals surface area contributed by atoms with Gasteiger partial charge in [-0.25, -0.2) is 4.68 Å². The van der Waals surface area contributed by atoms with Crippen LogP contribution < -0.4 is 4.74 Å². The molecule has 3 aromatic rings. The van der Waals surface area contributed by atoms with E-state index in [0.29, 0.717) is 18.8 Å². The molecule has 7 nitrogen and oxygen atoms in total. The van der Waals surface area contributed by atoms with Crippen molar-refractivity contribution in [3.63, 3.8) is 0 Å². The molecule has 0 saturated carbocycles. The molecular formula is C18H18N4O3S. The summed E-state index contributed by atoms with van der Waals surface area (Å²) in [5, 5.41) is 8.36. The number of methoxy groups -OCH3 is 1. The normalized spacial score (nSPS) is 17.0. The molecule has 2 aromatic heterocycles. The third kappa shape index (κ3) is 3.45. The Morgan fingerprint density at radius 1 is 1.31 bits per heavy atom. The van der Waals surface area contributed by atoms with Gasteiger partial charge in [-0.2, -0.15) is 0 Å². The number of benzene rings is 1. The summed E-state index contributed by atoms with van der Waals surface area (Å²) in [7, 11) is 1.65. The summed E-state index contributed by atoms with van der Waals surface area (Å²) in [5.74, 6) is 2.09. The van der Waals surface area contributed by atoms with Crippen LogP contribution in [0, 0.1) is 0 Å². The zero-order valence-electron chi connectivity index (χ0n) is 14.2. The highest BCUT2D eigenvalue weighted by molar-refractivity contribution is 8.00. The molecule has 3 heterocycles. The van der Waals surface area contributed by atoms with Gasteiger partial charge >= 0.3 is 0 Å². The molecular weight excluding hydrogens is 352 g/mol. The van der Waals surface area contributed by atoms with Crippen molar-refractivity contribution in [2.24, 2.45) is 0 Å². The van der Waals surface area contributed by atoms with Gasteiger partial charge in [0.15, 0.2) is 0 Å². The highest BCUT2D eigenvalue weighted by atomic mass is 32.2. The third-order valence-corrected chi connectivity index (χ3v) is 5.39. The van der Waals surface area contributed by atoms with Crippen LogP contribution in [0.15, 0.2) is 53.3 Å². The zero-order valence-corrected chi connectivity index (χ0v) is 15.1. The number of rotatable bonds is 6. The Bertz CT molecular complexity index is 893. The van der Waals surface area contributed by atoms with Crippen LogP contribution in [0.3, 0.4) is 0 Å². The molecule has 0 spiro atoms. The predicted octanol–water partition coefficient (Wildman–Crippen LogP) is 2.70. The van der Waals surface area contributed by atoms with Gasteiger partial charge in [0.05, 0.1) is 38.4 Å². The van der Waals surface area contributed by atoms with E-state index in [-0.39, 0.29) is 11.3 Å². The quantitative estimate of drug-likeness (QED) is 0.664. The topological polar surface area (TPSA) is 73.4 Å². The van der Waals surface area contributed by atoms with E-state index in [2.05, 4.69) is 10.3 Å². The molecule has 8 heteroatoms. The lowest BCUT2D eigenvalue weighted by Gasteiger charge is -2.20. The summed E-state index contributed by atoms with van der Waals surface area (Å²) in [5.41, 5.74) is 1.85. The lowest BCUT2D eigenvalue weighted by Crippen LogP contribution is -2.27. The fourth-order valence-electron chi connectivity index (χ4n) is 2.90. The van der Waals surface area contributed by atoms with E-state index in [1.807, 2.05) is 42.6 Å². The first kappa shape index (κ1) is 16.7. The molecule has 1 fully saturated rings. The summed E-state index contributed by atoms with van der Waals surface area (Å²) in [6.45, 7) is 1.03. The van der Waals surface area contributed by atoms with Crippen LogP contribution in [0.5, 0.6) is 5.75 Å². The SMILES string of the molecule is COc1cccc(Cn2cc([C@@H]3SCC(=O)N3Cc3ccco3)nn2)c1. The standard InChI is InChI=1S/C18H18N4O3S/c1-24-14-5-2-4-13(8-14)9-21-11-16(19-20-21)18-22(17(23)12-26-18)10-15-6-3-7-25-15/h2-8,11,18H,9-10,12H2,1H3/t18-/m0/s1. The molecule has 0 aliphatic carbocycles. The lowest BCUT2D eigenvalue weighted by molar-refractivity contribution is -0.128. The van der Waals surface area contributed by atoms with Gasteiger partial charge in [-0.1, -0.05) is 17.3 Å². The van der Waals surface area contributed by atoms with Crippen molar-refractivity contribution in [2.45, 2.75) is 18.5 Å². The monoisotopic (exact) mass is 370 g/mol. The largest absolute Gasteiger partial charge is 0.497 e. The number of thioether (sulfide) groups is 1. The number of hydrogen-bond acceptors (Lipinski definition) is 6. The second kappa shape index (κ2) is 7.25. The second-order valence-electron chi connectivity index (χ2n) is 5.96. The highest BCUT2D eigenvalue weighted by Gasteiger charge is 2.35. The first-order valence-electron chi connectivity index (χ1n) is 8.19. The molecule has 0 unspecified atom stereocenters. The van der Waals surface area contributed by atoms with Gasteiger partial charge in [0.2, 0.25) is 5.91 Å². The summed E-state index contributed by atoms with van der Waals surface area (Å²) in [6, 6.07) is 11.5. The average Bonchev–Trinajstić information content (AvgIpc) is 3.39. The van der Waals surface area contributed by atoms with Crippen molar-refractivity contribution >= 4 is 17.7 Å². The van der Waals surface area contributed by atoms with Gasteiger partial charge in [0.25, 0.3) is 0 Å². The second-order valence-corrected chi connectivity index (χ2v) is 7.03. The molecule has 134 valence electrons. The number of ether oxygens (including phenoxy) is 1. The Labute approximate surface area is 154 Å². The molecule has 0 N–H and O–H groups in total. The van der Waals surface area contributed by atoms with Crippen LogP contribution in [0.4, 0.5) is 0 Å². The first-order chi connectivity index (χ1) is 12.7. The minimum absolute atomic E-state index is 0.0822. The van der Waals surface area contributed by atoms with Crippen molar-refractivity contribution < 1.29 is 13.9 Å². The number of hydrogen-bond donors (Lipinski definition) is 0. The Morgan fingerprint density at radius 3 is 3.04 bits per heavy atom. The molecule has 1 amide bonds. The number of nitrogens with zero attached hydrogens (tertiary/aromatic N) is 4. The molecule has 1 saturated heterocycles. The van der Waals surface area contributed by atoms with Crippen LogP contribution in [0.25, 0.3) is 0 Å². The van der Waals surface area contributed by atoms with E-state index in [9.17, 15) is 4.79 Å². The van der Waals surface area contributed by atoms with Crippen LogP contribution in [-0.4, -0.2) is 38.7 Å². The molecule has 1 atom stereocenters. The number of aromatic nitrogens is 3. The maximum absolute atomic E-state index is 12.2. The Hall–Kier alpha value is -2.74. The van der Waals surface area contributed by atoms with E-state index in [1.165, 1.54) is 0 Å². The Kier molecular flexibility index (Phi) is 4.66. The van der Waals surface area contributed by atoms with Crippen LogP contribution >= 0.6 is 11.8 Å². The maximum atomic E-state index is 12.2. The van der Waals surface area contributed by atoms with Gasteiger partial charge in [0, 0.05) is 0 Å². The van der Waals surface area contributed by atoms with E-state index in [1.54, 1.807) is 34.7 Å². The van der Waals surface area contributed by atoms with Gasteiger partial charge in [0.1, 0.15) is 22.6 Å². The predicted molar refractivity (Wildman–Crippen MR) is 96.6 cm³/mol. The molecule has 1 aliphatic heterocycles. The van der Waals surface area contributed by atoms with Crippen molar-refractivity contribution in [3.8, 4) is 5.75 Å². The smallest absolute Gasteiger partial charge is 0.234 e. The lowest BCUT2D eigenvalue weighted by atomic mass is 10.2. The van der Waals surface area contributed by atoms with E-state index in [0.717, 1.165) is 22.8 Å². The van der Waals surface area contributed by atoms with Gasteiger partial charge in [-0.15, -0.1) is 16.9 Å². The summed E-state index contributed by atoms with van der Waals surface area (Å²) in [6.07, 6.45) is 3.51. The van der Waals surface area contributed by atoms with E-state index < -0.39 is 0 Å². The number of carbonyl (C=O) groups excluding carboxylic acids is 1. The third-order valence-electron chi connectivity index (χ3n) is 4.16. The summed E-state index contributed by atoms with van der Waals surface area (Å²) < 4.78 is 12.4. The summed E-state index contributed by atoms with van der Waals surface area (Å²) >= 11 is 1.56. The van der Waals surface area contributed by atoms with E-state index in [4.69, 9.17) is 9.15 Å². The fraction of sp³-hybridized carbons (Fsp3) is 0.278. The number of carbonyl (C=O) groups is 1. The molecule has 26 heavy (non-hydrogen) atoms. The first-order valence-corrected chi connectivity index (χ1v) is 9.24. The summed E-state index contributed by atoms with van der Waals surface area (Å²) in [4.78, 5) is 14.0. The molecule has 4 rings (SSSR count). The Balaban J connectivity index is 1.50. The molecule has 0 radical (unpaired) electrons. The highest BCUT2D eigenvalue weighted by Crippen LogP contribution is 2.38. The van der Waals surface area contributed by atoms with Gasteiger partial charge in [-0.05, 0) is 29.8 Å². The molecule has 1 aliphatic rings. The van der Waals surface area contributed by atoms with Crippen LogP contribution in [-0.2, 0) is 17.9 Å². The van der Waals surface area contributed by atoms with E-state index >= 15 is 0 Å². The maximum Gasteiger partial charge on any atom is 0.234 e. The van der Waals surface area contributed by atoms with Crippen molar-refractivity contribution in [1.29, 1.82) is 0 Å². The zero-order chi connectivity index (χ0) is 17.9. The molecule has 0 bridgehead atoms. The average molecular weight is 370 g/mol.